The van der Waals surface area contributed by atoms with Gasteiger partial charge >= 0.3 is 5.97 Å². The molecule has 1 atom stereocenters. The standard InChI is InChI=1S/C23H26BrFN2O4/c1-14(2)31-22(29)13-20(16-6-4-15(3)5-7-16)27-21(28)10-11-26-23(30)18-12-17(25)8-9-19(18)24/h4-9,12,14,20H,10-11,13H2,1-3H3,(H,26,30)(H,27,28). The minimum atomic E-state index is -0.549. The van der Waals surface area contributed by atoms with E-state index in [1.54, 1.807) is 13.8 Å². The largest absolute Gasteiger partial charge is 0.463 e. The van der Waals surface area contributed by atoms with Crippen molar-refractivity contribution >= 4 is 33.7 Å². The molecule has 2 rings (SSSR count). The average Bonchev–Trinajstić information content (AvgIpc) is 2.69. The van der Waals surface area contributed by atoms with E-state index in [-0.39, 0.29) is 37.0 Å². The molecule has 166 valence electrons. The molecular weight excluding hydrogens is 467 g/mol. The zero-order valence-electron chi connectivity index (χ0n) is 17.7. The molecule has 8 heteroatoms. The highest BCUT2D eigenvalue weighted by Crippen LogP contribution is 2.19. The van der Waals surface area contributed by atoms with Gasteiger partial charge in [-0.25, -0.2) is 4.39 Å². The Labute approximate surface area is 189 Å². The Hall–Kier alpha value is -2.74. The minimum Gasteiger partial charge on any atom is -0.463 e. The van der Waals surface area contributed by atoms with Crippen molar-refractivity contribution in [3.8, 4) is 0 Å². The first-order valence-corrected chi connectivity index (χ1v) is 10.7. The number of carbonyl (C=O) groups excluding carboxylic acids is 3. The Morgan fingerprint density at radius 2 is 1.77 bits per heavy atom. The number of hydrogen-bond donors (Lipinski definition) is 2. The van der Waals surface area contributed by atoms with Crippen LogP contribution in [0.3, 0.4) is 0 Å². The van der Waals surface area contributed by atoms with Gasteiger partial charge in [0, 0.05) is 17.4 Å². The summed E-state index contributed by atoms with van der Waals surface area (Å²) in [7, 11) is 0. The summed E-state index contributed by atoms with van der Waals surface area (Å²) in [6, 6.07) is 10.8. The van der Waals surface area contributed by atoms with Crippen molar-refractivity contribution in [2.75, 3.05) is 6.54 Å². The van der Waals surface area contributed by atoms with Gasteiger partial charge in [-0.1, -0.05) is 29.8 Å². The average molecular weight is 493 g/mol. The van der Waals surface area contributed by atoms with E-state index in [1.165, 1.54) is 12.1 Å². The first-order valence-electron chi connectivity index (χ1n) is 9.94. The SMILES string of the molecule is Cc1ccc(C(CC(=O)OC(C)C)NC(=O)CCNC(=O)c2cc(F)ccc2Br)cc1. The first-order chi connectivity index (χ1) is 14.7. The van der Waals surface area contributed by atoms with E-state index in [2.05, 4.69) is 26.6 Å². The molecule has 2 aromatic rings. The van der Waals surface area contributed by atoms with E-state index in [9.17, 15) is 18.8 Å². The third-order valence-electron chi connectivity index (χ3n) is 4.36. The molecule has 0 saturated carbocycles. The Balaban J connectivity index is 1.96. The first kappa shape index (κ1) is 24.5. The lowest BCUT2D eigenvalue weighted by atomic mass is 10.0. The molecule has 0 radical (unpaired) electrons. The molecule has 2 N–H and O–H groups in total. The minimum absolute atomic E-state index is 0.000262. The number of rotatable bonds is 9. The molecule has 1 unspecified atom stereocenters. The van der Waals surface area contributed by atoms with Crippen LogP contribution in [0.5, 0.6) is 0 Å². The summed E-state index contributed by atoms with van der Waals surface area (Å²) in [4.78, 5) is 36.8. The van der Waals surface area contributed by atoms with E-state index in [4.69, 9.17) is 4.74 Å². The lowest BCUT2D eigenvalue weighted by Crippen LogP contribution is -2.34. The highest BCUT2D eigenvalue weighted by molar-refractivity contribution is 9.10. The lowest BCUT2D eigenvalue weighted by Gasteiger charge is -2.20. The Morgan fingerprint density at radius 3 is 2.42 bits per heavy atom. The van der Waals surface area contributed by atoms with Crippen LogP contribution in [0.15, 0.2) is 46.9 Å². The summed E-state index contributed by atoms with van der Waals surface area (Å²) in [5.41, 5.74) is 1.99. The summed E-state index contributed by atoms with van der Waals surface area (Å²) >= 11 is 3.20. The van der Waals surface area contributed by atoms with Gasteiger partial charge in [0.05, 0.1) is 24.1 Å². The molecule has 2 aromatic carbocycles. The molecular formula is C23H26BrFN2O4. The molecule has 31 heavy (non-hydrogen) atoms. The maximum atomic E-state index is 13.4. The zero-order valence-corrected chi connectivity index (χ0v) is 19.3. The number of ether oxygens (including phenoxy) is 1. The van der Waals surface area contributed by atoms with Gasteiger partial charge in [0.15, 0.2) is 0 Å². The van der Waals surface area contributed by atoms with E-state index >= 15 is 0 Å². The molecule has 6 nitrogen and oxygen atoms in total. The monoisotopic (exact) mass is 492 g/mol. The van der Waals surface area contributed by atoms with Gasteiger partial charge in [0.2, 0.25) is 5.91 Å². The predicted octanol–water partition coefficient (Wildman–Crippen LogP) is 4.22. The molecule has 0 saturated heterocycles. The van der Waals surface area contributed by atoms with Crippen molar-refractivity contribution < 1.29 is 23.5 Å². The Kier molecular flexibility index (Phi) is 9.18. The normalized spacial score (nSPS) is 11.7. The van der Waals surface area contributed by atoms with Gasteiger partial charge in [0.25, 0.3) is 5.91 Å². The van der Waals surface area contributed by atoms with Crippen LogP contribution >= 0.6 is 15.9 Å². The lowest BCUT2D eigenvalue weighted by molar-refractivity contribution is -0.148. The third kappa shape index (κ3) is 8.13. The predicted molar refractivity (Wildman–Crippen MR) is 119 cm³/mol. The molecule has 0 fully saturated rings. The molecule has 0 spiro atoms. The zero-order chi connectivity index (χ0) is 23.0. The van der Waals surface area contributed by atoms with Gasteiger partial charge in [0.1, 0.15) is 5.82 Å². The van der Waals surface area contributed by atoms with Crippen LogP contribution in [-0.2, 0) is 14.3 Å². The fourth-order valence-electron chi connectivity index (χ4n) is 2.85. The Bertz CT molecular complexity index is 932. The third-order valence-corrected chi connectivity index (χ3v) is 5.06. The molecule has 2 amide bonds. The number of esters is 1. The number of hydrogen-bond acceptors (Lipinski definition) is 4. The molecule has 0 aliphatic carbocycles. The van der Waals surface area contributed by atoms with Crippen LogP contribution in [0.25, 0.3) is 0 Å². The molecule has 0 aliphatic rings. The quantitative estimate of drug-likeness (QED) is 0.513. The van der Waals surface area contributed by atoms with Gasteiger partial charge in [-0.15, -0.1) is 0 Å². The van der Waals surface area contributed by atoms with E-state index in [1.807, 2.05) is 31.2 Å². The van der Waals surface area contributed by atoms with Crippen LogP contribution in [0.2, 0.25) is 0 Å². The smallest absolute Gasteiger partial charge is 0.308 e. The van der Waals surface area contributed by atoms with Crippen molar-refractivity contribution in [1.29, 1.82) is 0 Å². The summed E-state index contributed by atoms with van der Waals surface area (Å²) in [5.74, 6) is -1.76. The highest BCUT2D eigenvalue weighted by atomic mass is 79.9. The van der Waals surface area contributed by atoms with Gasteiger partial charge in [-0.3, -0.25) is 14.4 Å². The molecule has 0 bridgehead atoms. The van der Waals surface area contributed by atoms with Crippen molar-refractivity contribution in [2.45, 2.75) is 45.8 Å². The number of nitrogens with one attached hydrogen (secondary N) is 2. The summed E-state index contributed by atoms with van der Waals surface area (Å²) in [6.07, 6.45) is -0.255. The number of amides is 2. The fraction of sp³-hybridized carbons (Fsp3) is 0.348. The van der Waals surface area contributed by atoms with E-state index in [0.717, 1.165) is 17.2 Å². The fourth-order valence-corrected chi connectivity index (χ4v) is 3.28. The molecule has 0 aliphatic heterocycles. The van der Waals surface area contributed by atoms with Crippen molar-refractivity contribution in [1.82, 2.24) is 10.6 Å². The van der Waals surface area contributed by atoms with Gasteiger partial charge < -0.3 is 15.4 Å². The van der Waals surface area contributed by atoms with Crippen LogP contribution in [0.1, 0.15) is 54.2 Å². The van der Waals surface area contributed by atoms with Crippen molar-refractivity contribution in [3.05, 3.63) is 69.4 Å². The Morgan fingerprint density at radius 1 is 1.10 bits per heavy atom. The number of carbonyl (C=O) groups is 3. The van der Waals surface area contributed by atoms with Crippen LogP contribution in [0.4, 0.5) is 4.39 Å². The second-order valence-corrected chi connectivity index (χ2v) is 8.26. The maximum absolute atomic E-state index is 13.4. The summed E-state index contributed by atoms with van der Waals surface area (Å²) in [6.45, 7) is 5.53. The second kappa shape index (κ2) is 11.6. The summed E-state index contributed by atoms with van der Waals surface area (Å²) in [5, 5.41) is 5.43. The van der Waals surface area contributed by atoms with E-state index in [0.29, 0.717) is 4.47 Å². The van der Waals surface area contributed by atoms with Gasteiger partial charge in [-0.05, 0) is 60.5 Å². The maximum Gasteiger partial charge on any atom is 0.308 e. The van der Waals surface area contributed by atoms with E-state index < -0.39 is 23.7 Å². The van der Waals surface area contributed by atoms with Crippen LogP contribution in [-0.4, -0.2) is 30.4 Å². The van der Waals surface area contributed by atoms with Gasteiger partial charge in [-0.2, -0.15) is 0 Å². The number of aryl methyl sites for hydroxylation is 1. The molecule has 0 aromatic heterocycles. The molecule has 0 heterocycles. The highest BCUT2D eigenvalue weighted by Gasteiger charge is 2.20. The second-order valence-electron chi connectivity index (χ2n) is 7.40. The van der Waals surface area contributed by atoms with Crippen LogP contribution < -0.4 is 10.6 Å². The number of halogens is 2. The van der Waals surface area contributed by atoms with Crippen molar-refractivity contribution in [2.24, 2.45) is 0 Å². The summed E-state index contributed by atoms with van der Waals surface area (Å²) < 4.78 is 19.0. The van der Waals surface area contributed by atoms with Crippen LogP contribution in [0, 0.1) is 12.7 Å². The topological polar surface area (TPSA) is 84.5 Å². The number of benzene rings is 2. The van der Waals surface area contributed by atoms with Crippen molar-refractivity contribution in [3.63, 3.8) is 0 Å².